The van der Waals surface area contributed by atoms with Crippen molar-refractivity contribution in [2.45, 2.75) is 18.4 Å². The molecule has 7 heteroatoms. The second-order valence-electron chi connectivity index (χ2n) is 5.13. The number of nitrogens with one attached hydrogen (secondary N) is 2. The van der Waals surface area contributed by atoms with Gasteiger partial charge in [-0.25, -0.2) is 4.79 Å². The van der Waals surface area contributed by atoms with Crippen molar-refractivity contribution >= 4 is 22.8 Å². The van der Waals surface area contributed by atoms with Gasteiger partial charge in [0.05, 0.1) is 24.2 Å². The Morgan fingerprint density at radius 3 is 2.95 bits per heavy atom. The van der Waals surface area contributed by atoms with Gasteiger partial charge in [-0.15, -0.1) is 0 Å². The molecular weight excluding hydrogens is 274 g/mol. The molecule has 110 valence electrons. The molecule has 0 bridgehead atoms. The molecule has 7 nitrogen and oxygen atoms in total. The average Bonchev–Trinajstić information content (AvgIpc) is 3.08. The molecule has 0 saturated carbocycles. The van der Waals surface area contributed by atoms with Crippen LogP contribution in [-0.2, 0) is 20.7 Å². The molecule has 2 aromatic rings. The van der Waals surface area contributed by atoms with Gasteiger partial charge in [0.2, 0.25) is 5.91 Å². The molecule has 0 spiro atoms. The molecule has 1 aromatic carbocycles. The molecule has 1 aliphatic heterocycles. The lowest BCUT2D eigenvalue weighted by molar-refractivity contribution is -0.147. The van der Waals surface area contributed by atoms with Crippen molar-refractivity contribution in [3.63, 3.8) is 0 Å². The summed E-state index contributed by atoms with van der Waals surface area (Å²) in [4.78, 5) is 23.5. The SMILES string of the molecule is O=C(Cc1[nH]nc2ccccc12)NC1(C(=O)O)CCOC1. The van der Waals surface area contributed by atoms with Gasteiger partial charge < -0.3 is 15.2 Å². The standard InChI is InChI=1S/C14H15N3O4/c18-12(15-14(13(19)20)5-6-21-8-14)7-11-9-3-1-2-4-10(9)16-17-11/h1-4H,5-8H2,(H,15,18)(H,16,17)(H,19,20). The van der Waals surface area contributed by atoms with Crippen LogP contribution in [0.3, 0.4) is 0 Å². The molecule has 1 fully saturated rings. The summed E-state index contributed by atoms with van der Waals surface area (Å²) in [7, 11) is 0. The number of H-pyrrole nitrogens is 1. The minimum atomic E-state index is -1.31. The molecule has 1 unspecified atom stereocenters. The van der Waals surface area contributed by atoms with Crippen molar-refractivity contribution in [1.82, 2.24) is 15.5 Å². The fourth-order valence-electron chi connectivity index (χ4n) is 2.51. The maximum absolute atomic E-state index is 12.1. The second kappa shape index (κ2) is 5.17. The van der Waals surface area contributed by atoms with E-state index in [0.29, 0.717) is 12.3 Å². The van der Waals surface area contributed by atoms with Crippen LogP contribution in [0.25, 0.3) is 10.9 Å². The lowest BCUT2D eigenvalue weighted by atomic mass is 9.98. The van der Waals surface area contributed by atoms with E-state index in [2.05, 4.69) is 15.5 Å². The van der Waals surface area contributed by atoms with Gasteiger partial charge in [0.1, 0.15) is 0 Å². The summed E-state index contributed by atoms with van der Waals surface area (Å²) < 4.78 is 5.11. The van der Waals surface area contributed by atoms with Crippen LogP contribution < -0.4 is 5.32 Å². The Morgan fingerprint density at radius 1 is 1.43 bits per heavy atom. The summed E-state index contributed by atoms with van der Waals surface area (Å²) in [5, 5.41) is 19.7. The van der Waals surface area contributed by atoms with Crippen molar-refractivity contribution in [3.05, 3.63) is 30.0 Å². The molecule has 3 N–H and O–H groups in total. The molecule has 1 amide bonds. The summed E-state index contributed by atoms with van der Waals surface area (Å²) in [6, 6.07) is 7.44. The summed E-state index contributed by atoms with van der Waals surface area (Å²) >= 11 is 0. The number of carbonyl (C=O) groups excluding carboxylic acids is 1. The highest BCUT2D eigenvalue weighted by Gasteiger charge is 2.43. The van der Waals surface area contributed by atoms with Crippen molar-refractivity contribution in [2.24, 2.45) is 0 Å². The number of nitrogens with zero attached hydrogens (tertiary/aromatic N) is 1. The summed E-state index contributed by atoms with van der Waals surface area (Å²) in [5.41, 5.74) is 0.132. The third-order valence-electron chi connectivity index (χ3n) is 3.69. The van der Waals surface area contributed by atoms with Gasteiger partial charge in [0.25, 0.3) is 0 Å². The average molecular weight is 289 g/mol. The first-order valence-corrected chi connectivity index (χ1v) is 6.65. The number of fused-ring (bicyclic) bond motifs is 1. The van der Waals surface area contributed by atoms with E-state index in [1.54, 1.807) is 0 Å². The predicted molar refractivity (Wildman–Crippen MR) is 73.7 cm³/mol. The van der Waals surface area contributed by atoms with E-state index in [9.17, 15) is 14.7 Å². The molecule has 21 heavy (non-hydrogen) atoms. The van der Waals surface area contributed by atoms with Crippen LogP contribution in [0.1, 0.15) is 12.1 Å². The summed E-state index contributed by atoms with van der Waals surface area (Å²) in [5.74, 6) is -1.43. The maximum Gasteiger partial charge on any atom is 0.331 e. The van der Waals surface area contributed by atoms with Crippen LogP contribution >= 0.6 is 0 Å². The summed E-state index contributed by atoms with van der Waals surface area (Å²) in [6.07, 6.45) is 0.327. The fraction of sp³-hybridized carbons (Fsp3) is 0.357. The highest BCUT2D eigenvalue weighted by Crippen LogP contribution is 2.20. The Hall–Kier alpha value is -2.41. The first-order valence-electron chi connectivity index (χ1n) is 6.65. The molecule has 2 heterocycles. The number of carboxylic acid groups (broad SMARTS) is 1. The molecule has 1 aromatic heterocycles. The Balaban J connectivity index is 1.76. The van der Waals surface area contributed by atoms with Crippen LogP contribution in [0.15, 0.2) is 24.3 Å². The monoisotopic (exact) mass is 289 g/mol. The third kappa shape index (κ3) is 2.47. The molecular formula is C14H15N3O4. The van der Waals surface area contributed by atoms with E-state index >= 15 is 0 Å². The Labute approximate surface area is 120 Å². The number of para-hydroxylation sites is 1. The van der Waals surface area contributed by atoms with Crippen LogP contribution in [0, 0.1) is 0 Å². The number of hydrogen-bond donors (Lipinski definition) is 3. The van der Waals surface area contributed by atoms with Gasteiger partial charge >= 0.3 is 5.97 Å². The lowest BCUT2D eigenvalue weighted by Gasteiger charge is -2.23. The highest BCUT2D eigenvalue weighted by molar-refractivity contribution is 5.91. The Morgan fingerprint density at radius 2 is 2.24 bits per heavy atom. The summed E-state index contributed by atoms with van der Waals surface area (Å²) in [6.45, 7) is 0.331. The van der Waals surface area contributed by atoms with Gasteiger partial charge in [0, 0.05) is 18.4 Å². The number of carboxylic acids is 1. The van der Waals surface area contributed by atoms with Crippen molar-refractivity contribution < 1.29 is 19.4 Å². The van der Waals surface area contributed by atoms with Crippen molar-refractivity contribution in [3.8, 4) is 0 Å². The second-order valence-corrected chi connectivity index (χ2v) is 5.13. The molecule has 3 rings (SSSR count). The smallest absolute Gasteiger partial charge is 0.331 e. The van der Waals surface area contributed by atoms with Crippen LogP contribution in [0.2, 0.25) is 0 Å². The van der Waals surface area contributed by atoms with Crippen molar-refractivity contribution in [1.29, 1.82) is 0 Å². The first kappa shape index (κ1) is 13.6. The molecule has 1 atom stereocenters. The molecule has 0 aliphatic carbocycles. The van der Waals surface area contributed by atoms with Gasteiger partial charge in [-0.2, -0.15) is 5.10 Å². The predicted octanol–water partition coefficient (Wildman–Crippen LogP) is 0.465. The van der Waals surface area contributed by atoms with E-state index in [1.165, 1.54) is 0 Å². The Kier molecular flexibility index (Phi) is 3.34. The number of carbonyl (C=O) groups is 2. The third-order valence-corrected chi connectivity index (χ3v) is 3.69. The van der Waals surface area contributed by atoms with Gasteiger partial charge in [-0.1, -0.05) is 18.2 Å². The van der Waals surface area contributed by atoms with Gasteiger partial charge in [-0.3, -0.25) is 9.89 Å². The van der Waals surface area contributed by atoms with Crippen LogP contribution in [-0.4, -0.2) is 45.9 Å². The van der Waals surface area contributed by atoms with E-state index in [4.69, 9.17) is 4.74 Å². The van der Waals surface area contributed by atoms with Crippen LogP contribution in [0.4, 0.5) is 0 Å². The number of ether oxygens (including phenoxy) is 1. The lowest BCUT2D eigenvalue weighted by Crippen LogP contribution is -2.55. The van der Waals surface area contributed by atoms with E-state index in [0.717, 1.165) is 10.9 Å². The largest absolute Gasteiger partial charge is 0.479 e. The quantitative estimate of drug-likeness (QED) is 0.758. The van der Waals surface area contributed by atoms with Gasteiger partial charge in [0.15, 0.2) is 5.54 Å². The van der Waals surface area contributed by atoms with E-state index in [-0.39, 0.29) is 25.4 Å². The van der Waals surface area contributed by atoms with Crippen LogP contribution in [0.5, 0.6) is 0 Å². The molecule has 0 radical (unpaired) electrons. The number of aliphatic carboxylic acids is 1. The molecule has 1 aliphatic rings. The molecule has 1 saturated heterocycles. The zero-order valence-corrected chi connectivity index (χ0v) is 11.3. The first-order chi connectivity index (χ1) is 10.1. The number of rotatable bonds is 4. The topological polar surface area (TPSA) is 104 Å². The van der Waals surface area contributed by atoms with E-state index in [1.807, 2.05) is 24.3 Å². The number of hydrogen-bond acceptors (Lipinski definition) is 4. The minimum absolute atomic E-state index is 0.00219. The fourth-order valence-corrected chi connectivity index (χ4v) is 2.51. The van der Waals surface area contributed by atoms with Gasteiger partial charge in [-0.05, 0) is 6.07 Å². The number of amides is 1. The number of aromatic amines is 1. The minimum Gasteiger partial charge on any atom is -0.479 e. The Bertz CT molecular complexity index is 688. The highest BCUT2D eigenvalue weighted by atomic mass is 16.5. The number of aromatic nitrogens is 2. The number of benzene rings is 1. The van der Waals surface area contributed by atoms with E-state index < -0.39 is 11.5 Å². The zero-order chi connectivity index (χ0) is 14.9. The zero-order valence-electron chi connectivity index (χ0n) is 11.3. The maximum atomic E-state index is 12.1. The normalized spacial score (nSPS) is 21.5. The van der Waals surface area contributed by atoms with Crippen molar-refractivity contribution in [2.75, 3.05) is 13.2 Å².